The first-order valence-corrected chi connectivity index (χ1v) is 17.0. The Hall–Kier alpha value is -4.74. The monoisotopic (exact) mass is 688 g/mol. The van der Waals surface area contributed by atoms with E-state index in [0.29, 0.717) is 12.0 Å². The summed E-state index contributed by atoms with van der Waals surface area (Å²) in [6.45, 7) is 8.95. The number of benzene rings is 3. The highest BCUT2D eigenvalue weighted by atomic mass is 16.6. The third-order valence-electron chi connectivity index (χ3n) is 8.00. The van der Waals surface area contributed by atoms with Crippen LogP contribution in [0.4, 0.5) is 4.79 Å². The summed E-state index contributed by atoms with van der Waals surface area (Å²) in [6.07, 6.45) is -0.999. The molecular formula is C39H52N4O7. The number of carbonyl (C=O) groups is 4. The zero-order valence-electron chi connectivity index (χ0n) is 29.6. The van der Waals surface area contributed by atoms with Gasteiger partial charge in [-0.1, -0.05) is 86.6 Å². The Bertz CT molecular complexity index is 1530. The maximum Gasteiger partial charge on any atom is 0.408 e. The molecule has 0 aliphatic rings. The van der Waals surface area contributed by atoms with E-state index in [2.05, 4.69) is 16.0 Å². The van der Waals surface area contributed by atoms with Crippen molar-refractivity contribution in [2.45, 2.75) is 96.6 Å². The molecule has 3 rings (SSSR count). The molecule has 0 fully saturated rings. The van der Waals surface area contributed by atoms with Crippen LogP contribution in [-0.2, 0) is 38.4 Å². The minimum atomic E-state index is -1.18. The fraction of sp³-hybridized carbons (Fsp3) is 0.436. The number of phenolic OH excluding ortho intramolecular Hbond substituents is 1. The minimum Gasteiger partial charge on any atom is -0.508 e. The van der Waals surface area contributed by atoms with E-state index in [1.54, 1.807) is 57.2 Å². The zero-order chi connectivity index (χ0) is 36.8. The van der Waals surface area contributed by atoms with Gasteiger partial charge in [-0.15, -0.1) is 0 Å². The molecule has 11 nitrogen and oxygen atoms in total. The number of aliphatic hydroxyl groups excluding tert-OH is 1. The molecule has 2 unspecified atom stereocenters. The van der Waals surface area contributed by atoms with E-state index in [4.69, 9.17) is 10.5 Å². The Morgan fingerprint density at radius 1 is 0.700 bits per heavy atom. The van der Waals surface area contributed by atoms with Gasteiger partial charge in [0.25, 0.3) is 0 Å². The van der Waals surface area contributed by atoms with Crippen LogP contribution < -0.4 is 21.7 Å². The molecule has 7 N–H and O–H groups in total. The number of hydrogen-bond acceptors (Lipinski definition) is 8. The van der Waals surface area contributed by atoms with Crippen LogP contribution in [0.1, 0.15) is 64.2 Å². The number of phenols is 1. The van der Waals surface area contributed by atoms with Gasteiger partial charge < -0.3 is 31.3 Å². The molecule has 270 valence electrons. The van der Waals surface area contributed by atoms with Gasteiger partial charge in [0.15, 0.2) is 0 Å². The number of aliphatic hydroxyl groups is 1. The Kier molecular flexibility index (Phi) is 15.0. The molecule has 0 radical (unpaired) electrons. The topological polar surface area (TPSA) is 180 Å². The molecule has 0 aliphatic carbocycles. The van der Waals surface area contributed by atoms with Gasteiger partial charge in [0, 0.05) is 18.4 Å². The van der Waals surface area contributed by atoms with Crippen LogP contribution in [0, 0.1) is 11.8 Å². The Labute approximate surface area is 295 Å². The number of ether oxygens (including phenoxy) is 1. The number of nitrogens with two attached hydrogens (primary N) is 1. The lowest BCUT2D eigenvalue weighted by molar-refractivity contribution is -0.136. The largest absolute Gasteiger partial charge is 0.508 e. The number of rotatable bonds is 16. The first-order chi connectivity index (χ1) is 23.6. The van der Waals surface area contributed by atoms with Crippen molar-refractivity contribution >= 4 is 23.8 Å². The van der Waals surface area contributed by atoms with E-state index in [1.165, 1.54) is 12.1 Å². The second-order valence-corrected chi connectivity index (χ2v) is 14.2. The average molecular weight is 689 g/mol. The van der Waals surface area contributed by atoms with Crippen LogP contribution in [0.3, 0.4) is 0 Å². The maximum atomic E-state index is 13.8. The fourth-order valence-corrected chi connectivity index (χ4v) is 5.48. The summed E-state index contributed by atoms with van der Waals surface area (Å²) in [5.41, 5.74) is 7.96. The highest BCUT2D eigenvalue weighted by Gasteiger charge is 2.32. The molecule has 0 bridgehead atoms. The number of aromatic hydroxyl groups is 1. The Morgan fingerprint density at radius 3 is 1.78 bits per heavy atom. The average Bonchev–Trinajstić information content (AvgIpc) is 3.04. The van der Waals surface area contributed by atoms with Gasteiger partial charge in [0.1, 0.15) is 23.4 Å². The summed E-state index contributed by atoms with van der Waals surface area (Å²) in [4.78, 5) is 53.9. The normalized spacial score (nSPS) is 14.5. The van der Waals surface area contributed by atoms with Crippen molar-refractivity contribution in [3.8, 4) is 5.75 Å². The number of amides is 4. The number of hydrogen-bond donors (Lipinski definition) is 6. The molecule has 0 spiro atoms. The van der Waals surface area contributed by atoms with Crippen LogP contribution in [0.25, 0.3) is 0 Å². The molecule has 11 heteroatoms. The van der Waals surface area contributed by atoms with Crippen LogP contribution in [0.5, 0.6) is 5.75 Å². The van der Waals surface area contributed by atoms with Crippen molar-refractivity contribution in [2.24, 2.45) is 17.6 Å². The van der Waals surface area contributed by atoms with Crippen LogP contribution in [0.2, 0.25) is 0 Å². The summed E-state index contributed by atoms with van der Waals surface area (Å²) in [5, 5.41) is 28.7. The van der Waals surface area contributed by atoms with Gasteiger partial charge in [-0.3, -0.25) is 19.7 Å². The van der Waals surface area contributed by atoms with E-state index < -0.39 is 59.6 Å². The second kappa shape index (κ2) is 18.9. The van der Waals surface area contributed by atoms with Crippen molar-refractivity contribution < 1.29 is 34.1 Å². The molecule has 50 heavy (non-hydrogen) atoms. The minimum absolute atomic E-state index is 0.0176. The van der Waals surface area contributed by atoms with E-state index in [0.717, 1.165) is 11.1 Å². The van der Waals surface area contributed by atoms with Crippen LogP contribution in [0.15, 0.2) is 84.9 Å². The SMILES string of the molecule is CC(C)CC(NC(=O)OC(C)(C)C)C(=O)NC(Cc1ccccc1)C(=O)NC(=O)[C@H](Cc1ccc(O)cc1)C[C@H](O)[C@@H](N)Cc1ccccc1. The first-order valence-electron chi connectivity index (χ1n) is 17.0. The molecule has 0 aromatic heterocycles. The molecule has 0 saturated carbocycles. The number of alkyl carbamates (subject to hydrolysis) is 1. The lowest BCUT2D eigenvalue weighted by Crippen LogP contribution is -2.56. The van der Waals surface area contributed by atoms with Gasteiger partial charge in [-0.2, -0.15) is 0 Å². The van der Waals surface area contributed by atoms with Crippen LogP contribution in [-0.4, -0.2) is 63.9 Å². The quantitative estimate of drug-likeness (QED) is 0.130. The van der Waals surface area contributed by atoms with Gasteiger partial charge in [-0.05, 0) is 81.2 Å². The molecule has 4 amide bonds. The third-order valence-corrected chi connectivity index (χ3v) is 8.00. The predicted molar refractivity (Wildman–Crippen MR) is 192 cm³/mol. The molecule has 3 aromatic rings. The number of carbonyl (C=O) groups excluding carboxylic acids is 4. The fourth-order valence-electron chi connectivity index (χ4n) is 5.48. The maximum absolute atomic E-state index is 13.8. The van der Waals surface area contributed by atoms with Crippen LogP contribution >= 0.6 is 0 Å². The molecule has 0 heterocycles. The summed E-state index contributed by atoms with van der Waals surface area (Å²) >= 11 is 0. The first kappa shape index (κ1) is 39.7. The highest BCUT2D eigenvalue weighted by Crippen LogP contribution is 2.20. The smallest absolute Gasteiger partial charge is 0.408 e. The summed E-state index contributed by atoms with van der Waals surface area (Å²) < 4.78 is 5.37. The van der Waals surface area contributed by atoms with E-state index in [-0.39, 0.29) is 37.4 Å². The Balaban J connectivity index is 1.82. The van der Waals surface area contributed by atoms with Crippen molar-refractivity contribution in [1.29, 1.82) is 0 Å². The van der Waals surface area contributed by atoms with E-state index in [9.17, 15) is 29.4 Å². The summed E-state index contributed by atoms with van der Waals surface area (Å²) in [5.74, 6) is -2.79. The lowest BCUT2D eigenvalue weighted by atomic mass is 9.89. The molecule has 3 aromatic carbocycles. The summed E-state index contributed by atoms with van der Waals surface area (Å²) in [7, 11) is 0. The molecular weight excluding hydrogens is 636 g/mol. The van der Waals surface area contributed by atoms with Gasteiger partial charge in [0.2, 0.25) is 17.7 Å². The van der Waals surface area contributed by atoms with Crippen molar-refractivity contribution in [3.63, 3.8) is 0 Å². The third kappa shape index (κ3) is 14.0. The molecule has 0 saturated heterocycles. The second-order valence-electron chi connectivity index (χ2n) is 14.2. The lowest BCUT2D eigenvalue weighted by Gasteiger charge is -2.27. The molecule has 5 atom stereocenters. The van der Waals surface area contributed by atoms with Gasteiger partial charge in [-0.25, -0.2) is 4.79 Å². The predicted octanol–water partition coefficient (Wildman–Crippen LogP) is 4.18. The molecule has 0 aliphatic heterocycles. The van der Waals surface area contributed by atoms with Crippen molar-refractivity contribution in [3.05, 3.63) is 102 Å². The number of imide groups is 1. The Morgan fingerprint density at radius 2 is 1.24 bits per heavy atom. The van der Waals surface area contributed by atoms with Crippen molar-refractivity contribution in [2.75, 3.05) is 0 Å². The summed E-state index contributed by atoms with van der Waals surface area (Å²) in [6, 6.07) is 22.0. The standard InChI is InChI=1S/C39H52N4O7/c1-25(2)20-32(42-38(49)50-39(3,4)5)36(47)41-33(23-27-14-10-7-11-15-27)37(48)43-35(46)29(21-28-16-18-30(44)19-17-28)24-34(45)31(40)22-26-12-8-6-9-13-26/h6-19,25,29,31-34,44-45H,20-24,40H2,1-5H3,(H,41,47)(H,42,49)(H,43,46,48)/t29-,31+,32?,33?,34+/m1/s1. The zero-order valence-corrected chi connectivity index (χ0v) is 29.6. The highest BCUT2D eigenvalue weighted by molar-refractivity contribution is 6.00. The van der Waals surface area contributed by atoms with Gasteiger partial charge in [0.05, 0.1) is 6.10 Å². The van der Waals surface area contributed by atoms with E-state index >= 15 is 0 Å². The van der Waals surface area contributed by atoms with Gasteiger partial charge >= 0.3 is 6.09 Å². The van der Waals surface area contributed by atoms with Crippen molar-refractivity contribution in [1.82, 2.24) is 16.0 Å². The number of nitrogens with one attached hydrogen (secondary N) is 3. The van der Waals surface area contributed by atoms with E-state index in [1.807, 2.05) is 50.2 Å².